The van der Waals surface area contributed by atoms with Crippen LogP contribution in [0.5, 0.6) is 11.6 Å². The molecule has 2 saturated heterocycles. The predicted molar refractivity (Wildman–Crippen MR) is 152 cm³/mol. The molecule has 0 bridgehead atoms. The van der Waals surface area contributed by atoms with Crippen molar-refractivity contribution in [1.29, 1.82) is 0 Å². The highest BCUT2D eigenvalue weighted by molar-refractivity contribution is 7.52. The molecule has 44 heavy (non-hydrogen) atoms. The van der Waals surface area contributed by atoms with Crippen molar-refractivity contribution in [1.82, 2.24) is 14.6 Å². The van der Waals surface area contributed by atoms with Crippen LogP contribution in [0, 0.1) is 0 Å². The molecular formula is C29H33N4O10P. The van der Waals surface area contributed by atoms with Gasteiger partial charge in [0, 0.05) is 0 Å². The second-order valence-corrected chi connectivity index (χ2v) is 13.0. The van der Waals surface area contributed by atoms with E-state index in [0.717, 1.165) is 5.56 Å². The summed E-state index contributed by atoms with van der Waals surface area (Å²) in [6, 6.07) is 15.9. The van der Waals surface area contributed by atoms with Gasteiger partial charge in [-0.2, -0.15) is 5.09 Å². The van der Waals surface area contributed by atoms with E-state index in [-0.39, 0.29) is 24.7 Å². The lowest BCUT2D eigenvalue weighted by Crippen LogP contribution is -2.40. The molecule has 15 heteroatoms. The van der Waals surface area contributed by atoms with Gasteiger partial charge in [0.1, 0.15) is 42.8 Å². The number of amides is 1. The third-order valence-electron chi connectivity index (χ3n) is 7.63. The number of rotatable bonds is 12. The monoisotopic (exact) mass is 628 g/mol. The van der Waals surface area contributed by atoms with Crippen molar-refractivity contribution in [2.24, 2.45) is 5.73 Å². The van der Waals surface area contributed by atoms with Crippen molar-refractivity contribution >= 4 is 19.6 Å². The Labute approximate surface area is 252 Å². The van der Waals surface area contributed by atoms with Crippen molar-refractivity contribution in [3.8, 4) is 11.6 Å². The van der Waals surface area contributed by atoms with Crippen LogP contribution in [-0.4, -0.2) is 68.9 Å². The first-order chi connectivity index (χ1) is 20.9. The van der Waals surface area contributed by atoms with E-state index < -0.39 is 67.3 Å². The van der Waals surface area contributed by atoms with Gasteiger partial charge in [0.25, 0.3) is 5.91 Å². The number of carbonyl (C=O) groups excluding carboxylic acids is 2. The first kappa shape index (κ1) is 30.3. The molecular weight excluding hydrogens is 595 g/mol. The van der Waals surface area contributed by atoms with Crippen molar-refractivity contribution in [2.75, 3.05) is 6.61 Å². The summed E-state index contributed by atoms with van der Waals surface area (Å²) >= 11 is 0. The van der Waals surface area contributed by atoms with Crippen LogP contribution in [0.15, 0.2) is 67.0 Å². The van der Waals surface area contributed by atoms with Gasteiger partial charge in [0.15, 0.2) is 17.1 Å². The zero-order valence-corrected chi connectivity index (χ0v) is 25.1. The Bertz CT molecular complexity index is 1590. The number of aromatic nitrogens is 2. The van der Waals surface area contributed by atoms with Gasteiger partial charge in [-0.3, -0.25) is 18.7 Å². The van der Waals surface area contributed by atoms with Crippen LogP contribution in [0.1, 0.15) is 42.9 Å². The summed E-state index contributed by atoms with van der Waals surface area (Å²) in [6.07, 6.45) is -0.811. The molecule has 4 N–H and O–H groups in total. The molecule has 2 aromatic carbocycles. The SMILES string of the molecule is C[C@H](NP(=O)(OC[C@H]1O[C@H]2C(n3cnc(C(N)=O)c3O)[C@@]23OC(C)(C)O[C@H]13)Oc1ccccc1)C(=O)OCc1ccccc1. The van der Waals surface area contributed by atoms with E-state index in [2.05, 4.69) is 10.1 Å². The summed E-state index contributed by atoms with van der Waals surface area (Å²) in [5.74, 6) is -2.71. The molecule has 2 unspecified atom stereocenters. The number of para-hydroxylation sites is 1. The molecule has 0 radical (unpaired) electrons. The number of carbonyl (C=O) groups is 2. The lowest BCUT2D eigenvalue weighted by molar-refractivity contribution is -0.177. The number of nitrogens with two attached hydrogens (primary N) is 1. The summed E-state index contributed by atoms with van der Waals surface area (Å²) in [4.78, 5) is 28.3. The van der Waals surface area contributed by atoms with E-state index >= 15 is 0 Å². The third kappa shape index (κ3) is 5.60. The Kier molecular flexibility index (Phi) is 7.77. The van der Waals surface area contributed by atoms with Crippen molar-refractivity contribution in [3.05, 3.63) is 78.2 Å². The molecule has 6 rings (SSSR count). The molecule has 2 aliphatic heterocycles. The average Bonchev–Trinajstić information content (AvgIpc) is 3.20. The number of ether oxygens (including phenoxy) is 4. The van der Waals surface area contributed by atoms with Crippen LogP contribution in [0.3, 0.4) is 0 Å². The van der Waals surface area contributed by atoms with E-state index in [1.54, 1.807) is 44.2 Å². The number of imidazole rings is 1. The van der Waals surface area contributed by atoms with Crippen LogP contribution in [-0.2, 0) is 39.4 Å². The van der Waals surface area contributed by atoms with E-state index in [9.17, 15) is 19.3 Å². The first-order valence-electron chi connectivity index (χ1n) is 14.0. The Morgan fingerprint density at radius 3 is 2.48 bits per heavy atom. The lowest BCUT2D eigenvalue weighted by atomic mass is 10.1. The number of nitrogens with zero attached hydrogens (tertiary/aromatic N) is 2. The largest absolute Gasteiger partial charge is 0.493 e. The van der Waals surface area contributed by atoms with Crippen molar-refractivity contribution < 1.29 is 47.3 Å². The molecule has 7 atom stereocenters. The maximum absolute atomic E-state index is 14.1. The van der Waals surface area contributed by atoms with Gasteiger partial charge in [0.05, 0.1) is 12.9 Å². The molecule has 3 heterocycles. The minimum absolute atomic E-state index is 0.0408. The van der Waals surface area contributed by atoms with E-state index in [0.29, 0.717) is 0 Å². The highest BCUT2D eigenvalue weighted by atomic mass is 31.2. The first-order valence-corrected chi connectivity index (χ1v) is 15.5. The fraction of sp³-hybridized carbons (Fsp3) is 0.414. The second kappa shape index (κ2) is 11.3. The van der Waals surface area contributed by atoms with Gasteiger partial charge < -0.3 is 34.3 Å². The molecule has 1 saturated carbocycles. The van der Waals surface area contributed by atoms with Crippen LogP contribution >= 0.6 is 7.75 Å². The fourth-order valence-corrected chi connectivity index (χ4v) is 7.25. The number of hydrogen-bond acceptors (Lipinski definition) is 11. The molecule has 1 aliphatic carbocycles. The predicted octanol–water partition coefficient (Wildman–Crippen LogP) is 2.83. The fourth-order valence-electron chi connectivity index (χ4n) is 5.74. The molecule has 1 amide bonds. The number of hydrogen-bond donors (Lipinski definition) is 3. The summed E-state index contributed by atoms with van der Waals surface area (Å²) in [6.45, 7) is 4.74. The summed E-state index contributed by atoms with van der Waals surface area (Å²) in [5.41, 5.74) is 4.79. The number of primary amides is 1. The minimum atomic E-state index is -4.20. The van der Waals surface area contributed by atoms with E-state index in [1.807, 2.05) is 30.3 Å². The summed E-state index contributed by atoms with van der Waals surface area (Å²) < 4.78 is 51.1. The van der Waals surface area contributed by atoms with Gasteiger partial charge in [-0.05, 0) is 38.5 Å². The number of aromatic hydroxyl groups is 1. The van der Waals surface area contributed by atoms with Gasteiger partial charge in [-0.25, -0.2) is 9.55 Å². The highest BCUT2D eigenvalue weighted by Gasteiger charge is 2.84. The normalized spacial score (nSPS) is 28.3. The number of esters is 1. The van der Waals surface area contributed by atoms with Crippen molar-refractivity contribution in [2.45, 2.75) is 69.2 Å². The Balaban J connectivity index is 1.17. The quantitative estimate of drug-likeness (QED) is 0.197. The third-order valence-corrected chi connectivity index (χ3v) is 9.27. The maximum atomic E-state index is 14.1. The smallest absolute Gasteiger partial charge is 0.459 e. The van der Waals surface area contributed by atoms with Crippen LogP contribution < -0.4 is 15.3 Å². The van der Waals surface area contributed by atoms with Gasteiger partial charge in [0.2, 0.25) is 5.88 Å². The average molecular weight is 629 g/mol. The molecule has 14 nitrogen and oxygen atoms in total. The second-order valence-electron chi connectivity index (χ2n) is 11.3. The maximum Gasteiger partial charge on any atom is 0.459 e. The zero-order valence-electron chi connectivity index (χ0n) is 24.2. The van der Waals surface area contributed by atoms with Gasteiger partial charge in [-0.15, -0.1) is 0 Å². The molecule has 1 aromatic heterocycles. The van der Waals surface area contributed by atoms with Gasteiger partial charge in [-0.1, -0.05) is 48.5 Å². The molecule has 3 fully saturated rings. The molecule has 234 valence electrons. The van der Waals surface area contributed by atoms with Crippen LogP contribution in [0.4, 0.5) is 0 Å². The van der Waals surface area contributed by atoms with Crippen LogP contribution in [0.2, 0.25) is 0 Å². The number of nitrogens with one attached hydrogen (secondary N) is 1. The van der Waals surface area contributed by atoms with Gasteiger partial charge >= 0.3 is 13.7 Å². The molecule has 1 spiro atoms. The Hall–Kier alpha value is -3.78. The van der Waals surface area contributed by atoms with Crippen LogP contribution in [0.25, 0.3) is 0 Å². The summed E-state index contributed by atoms with van der Waals surface area (Å²) in [7, 11) is -4.20. The zero-order chi connectivity index (χ0) is 31.3. The molecule has 3 aromatic rings. The Morgan fingerprint density at radius 1 is 1.14 bits per heavy atom. The van der Waals surface area contributed by atoms with E-state index in [4.69, 9.17) is 33.7 Å². The lowest BCUT2D eigenvalue weighted by Gasteiger charge is -2.27. The minimum Gasteiger partial charge on any atom is -0.493 e. The topological polar surface area (TPSA) is 183 Å². The standard InChI is InChI=1S/C29H33N4O10P/c1-17(27(36)38-14-18-10-6-4-7-11-18)32-44(37,42-19-12-8-5-9-13-19)39-15-20-23-29(43-28(2,3)41-23)22(24(29)40-20)33-16-31-21(25(30)34)26(33)35/h4-13,16-17,20,22-24,35H,14-15H2,1-3H3,(H2,30,34)(H,32,37)/t17-,20+,22?,23+,24-,29-,44?/m0/s1. The molecule has 3 aliphatic rings. The highest BCUT2D eigenvalue weighted by Crippen LogP contribution is 2.67. The van der Waals surface area contributed by atoms with E-state index in [1.165, 1.54) is 17.8 Å². The van der Waals surface area contributed by atoms with Crippen molar-refractivity contribution in [3.63, 3.8) is 0 Å². The summed E-state index contributed by atoms with van der Waals surface area (Å²) in [5, 5.41) is 13.3. The Morgan fingerprint density at radius 2 is 1.82 bits per heavy atom. The number of benzene rings is 2.